The van der Waals surface area contributed by atoms with Gasteiger partial charge in [-0.15, -0.1) is 0 Å². The van der Waals surface area contributed by atoms with E-state index in [1.54, 1.807) is 0 Å². The number of fused-ring (bicyclic) bond motifs is 1. The average Bonchev–Trinajstić information content (AvgIpc) is 2.76. The van der Waals surface area contributed by atoms with E-state index in [9.17, 15) is 4.79 Å². The van der Waals surface area contributed by atoms with Crippen molar-refractivity contribution in [3.63, 3.8) is 0 Å². The lowest BCUT2D eigenvalue weighted by Gasteiger charge is -1.96. The standard InChI is InChI=1S/C16H14NO2/c1-12-17(14-9-5-6-10-16(14)19-12)11-15(18)13-7-3-2-4-8-13/h2-10H,11H2,1H3/q+1. The average molecular weight is 252 g/mol. The van der Waals surface area contributed by atoms with Gasteiger partial charge in [-0.05, 0) is 6.07 Å². The fourth-order valence-corrected chi connectivity index (χ4v) is 2.21. The van der Waals surface area contributed by atoms with Crippen molar-refractivity contribution in [2.75, 3.05) is 0 Å². The number of benzene rings is 2. The number of para-hydroxylation sites is 2. The molecule has 0 bridgehead atoms. The summed E-state index contributed by atoms with van der Waals surface area (Å²) in [7, 11) is 0. The van der Waals surface area contributed by atoms with Gasteiger partial charge in [-0.2, -0.15) is 4.57 Å². The summed E-state index contributed by atoms with van der Waals surface area (Å²) >= 11 is 0. The Morgan fingerprint density at radius 1 is 1.05 bits per heavy atom. The summed E-state index contributed by atoms with van der Waals surface area (Å²) in [4.78, 5) is 12.2. The minimum absolute atomic E-state index is 0.0836. The van der Waals surface area contributed by atoms with E-state index in [0.717, 1.165) is 22.6 Å². The van der Waals surface area contributed by atoms with E-state index in [1.807, 2.05) is 66.1 Å². The van der Waals surface area contributed by atoms with Crippen LogP contribution in [0.15, 0.2) is 59.0 Å². The molecular weight excluding hydrogens is 238 g/mol. The number of ketones is 1. The van der Waals surface area contributed by atoms with E-state index in [4.69, 9.17) is 4.42 Å². The third-order valence-electron chi connectivity index (χ3n) is 3.19. The zero-order chi connectivity index (χ0) is 13.2. The van der Waals surface area contributed by atoms with E-state index >= 15 is 0 Å². The molecule has 0 radical (unpaired) electrons. The molecule has 0 N–H and O–H groups in total. The first-order chi connectivity index (χ1) is 9.25. The maximum absolute atomic E-state index is 12.2. The second-order valence-corrected chi connectivity index (χ2v) is 4.46. The lowest BCUT2D eigenvalue weighted by molar-refractivity contribution is -0.668. The molecule has 0 saturated carbocycles. The molecule has 0 unspecified atom stereocenters. The van der Waals surface area contributed by atoms with Gasteiger partial charge in [0.1, 0.15) is 0 Å². The number of Topliss-reactive ketones (excluding diaryl/α,β-unsaturated/α-hetero) is 1. The molecule has 0 saturated heterocycles. The van der Waals surface area contributed by atoms with Crippen molar-refractivity contribution in [1.29, 1.82) is 0 Å². The van der Waals surface area contributed by atoms with Crippen LogP contribution in [0.25, 0.3) is 11.1 Å². The Balaban J connectivity index is 1.98. The molecule has 0 aliphatic carbocycles. The molecule has 3 heteroatoms. The summed E-state index contributed by atoms with van der Waals surface area (Å²) in [6.45, 7) is 2.17. The lowest BCUT2D eigenvalue weighted by atomic mass is 10.1. The van der Waals surface area contributed by atoms with Crippen molar-refractivity contribution in [3.8, 4) is 0 Å². The Hall–Kier alpha value is -2.42. The van der Waals surface area contributed by atoms with Crippen LogP contribution in [0, 0.1) is 6.92 Å². The smallest absolute Gasteiger partial charge is 0.345 e. The van der Waals surface area contributed by atoms with Gasteiger partial charge in [0.15, 0.2) is 0 Å². The fraction of sp³-hybridized carbons (Fsp3) is 0.125. The van der Waals surface area contributed by atoms with Crippen LogP contribution in [0.2, 0.25) is 0 Å². The number of aryl methyl sites for hydroxylation is 1. The highest BCUT2D eigenvalue weighted by molar-refractivity contribution is 5.95. The summed E-state index contributed by atoms with van der Waals surface area (Å²) < 4.78 is 7.55. The quantitative estimate of drug-likeness (QED) is 0.530. The third-order valence-corrected chi connectivity index (χ3v) is 3.19. The Labute approximate surface area is 111 Å². The van der Waals surface area contributed by atoms with Gasteiger partial charge in [0, 0.05) is 11.6 Å². The van der Waals surface area contributed by atoms with Crippen LogP contribution in [-0.4, -0.2) is 5.78 Å². The predicted molar refractivity (Wildman–Crippen MR) is 71.9 cm³/mol. The molecule has 1 heterocycles. The molecule has 0 atom stereocenters. The molecule has 3 nitrogen and oxygen atoms in total. The zero-order valence-corrected chi connectivity index (χ0v) is 10.7. The summed E-state index contributed by atoms with van der Waals surface area (Å²) in [5.41, 5.74) is 2.48. The van der Waals surface area contributed by atoms with Crippen LogP contribution in [-0.2, 0) is 6.54 Å². The van der Waals surface area contributed by atoms with Crippen LogP contribution in [0.5, 0.6) is 0 Å². The van der Waals surface area contributed by atoms with Crippen molar-refractivity contribution in [3.05, 3.63) is 66.1 Å². The lowest BCUT2D eigenvalue weighted by Crippen LogP contribution is -2.39. The molecule has 2 aromatic carbocycles. The number of aromatic nitrogens is 1. The van der Waals surface area contributed by atoms with Crippen LogP contribution < -0.4 is 4.57 Å². The highest BCUT2D eigenvalue weighted by Crippen LogP contribution is 2.13. The van der Waals surface area contributed by atoms with Gasteiger partial charge in [0.25, 0.3) is 5.52 Å². The van der Waals surface area contributed by atoms with E-state index in [1.165, 1.54) is 0 Å². The summed E-state index contributed by atoms with van der Waals surface area (Å²) in [6, 6.07) is 17.1. The molecule has 3 rings (SSSR count). The van der Waals surface area contributed by atoms with Gasteiger partial charge < -0.3 is 4.42 Å². The minimum Gasteiger partial charge on any atom is -0.402 e. The molecule has 0 aliphatic heterocycles. The molecule has 0 amide bonds. The Morgan fingerprint density at radius 3 is 2.53 bits per heavy atom. The van der Waals surface area contributed by atoms with Gasteiger partial charge in [0.2, 0.25) is 17.9 Å². The molecular formula is C16H14NO2+. The molecule has 1 aromatic heterocycles. The van der Waals surface area contributed by atoms with Crippen molar-refractivity contribution in [2.24, 2.45) is 0 Å². The topological polar surface area (TPSA) is 34.1 Å². The van der Waals surface area contributed by atoms with E-state index in [-0.39, 0.29) is 5.78 Å². The first-order valence-electron chi connectivity index (χ1n) is 6.22. The van der Waals surface area contributed by atoms with Crippen LogP contribution in [0.4, 0.5) is 0 Å². The highest BCUT2D eigenvalue weighted by atomic mass is 16.3. The predicted octanol–water partition coefficient (Wildman–Crippen LogP) is 2.91. The first-order valence-corrected chi connectivity index (χ1v) is 6.22. The largest absolute Gasteiger partial charge is 0.402 e. The van der Waals surface area contributed by atoms with Gasteiger partial charge in [-0.1, -0.05) is 42.5 Å². The summed E-state index contributed by atoms with van der Waals surface area (Å²) in [5, 5.41) is 0. The van der Waals surface area contributed by atoms with E-state index in [0.29, 0.717) is 6.54 Å². The monoisotopic (exact) mass is 252 g/mol. The number of rotatable bonds is 3. The van der Waals surface area contributed by atoms with E-state index in [2.05, 4.69) is 0 Å². The molecule has 3 aromatic rings. The normalized spacial score (nSPS) is 10.8. The number of carbonyl (C=O) groups is 1. The SMILES string of the molecule is Cc1oc2ccccc2[n+]1CC(=O)c1ccccc1. The maximum atomic E-state index is 12.2. The van der Waals surface area contributed by atoms with Crippen LogP contribution in [0.3, 0.4) is 0 Å². The fourth-order valence-electron chi connectivity index (χ4n) is 2.21. The van der Waals surface area contributed by atoms with Gasteiger partial charge in [0.05, 0.1) is 6.92 Å². The molecule has 94 valence electrons. The van der Waals surface area contributed by atoms with Crippen LogP contribution >= 0.6 is 0 Å². The highest BCUT2D eigenvalue weighted by Gasteiger charge is 2.22. The molecule has 0 aliphatic rings. The number of oxazole rings is 1. The number of hydrogen-bond donors (Lipinski definition) is 0. The van der Waals surface area contributed by atoms with Crippen molar-refractivity contribution < 1.29 is 13.8 Å². The Morgan fingerprint density at radius 2 is 1.74 bits per heavy atom. The van der Waals surface area contributed by atoms with Crippen LogP contribution in [0.1, 0.15) is 16.2 Å². The summed E-state index contributed by atoms with van der Waals surface area (Å²) in [5.74, 6) is 0.825. The number of hydrogen-bond acceptors (Lipinski definition) is 2. The minimum atomic E-state index is 0.0836. The van der Waals surface area contributed by atoms with E-state index < -0.39 is 0 Å². The van der Waals surface area contributed by atoms with Crippen molar-refractivity contribution in [1.82, 2.24) is 0 Å². The number of nitrogens with zero attached hydrogens (tertiary/aromatic N) is 1. The van der Waals surface area contributed by atoms with Gasteiger partial charge in [-0.3, -0.25) is 4.79 Å². The maximum Gasteiger partial charge on any atom is 0.345 e. The van der Waals surface area contributed by atoms with Gasteiger partial charge >= 0.3 is 5.89 Å². The second kappa shape index (κ2) is 4.69. The zero-order valence-electron chi connectivity index (χ0n) is 10.7. The third kappa shape index (κ3) is 2.15. The Kier molecular flexibility index (Phi) is 2.88. The van der Waals surface area contributed by atoms with Crippen molar-refractivity contribution >= 4 is 16.9 Å². The van der Waals surface area contributed by atoms with Crippen molar-refractivity contribution in [2.45, 2.75) is 13.5 Å². The number of carbonyl (C=O) groups excluding carboxylic acids is 1. The molecule has 0 spiro atoms. The van der Waals surface area contributed by atoms with Gasteiger partial charge in [-0.25, -0.2) is 0 Å². The molecule has 0 fully saturated rings. The Bertz CT molecular complexity index is 729. The molecule has 19 heavy (non-hydrogen) atoms. The second-order valence-electron chi connectivity index (χ2n) is 4.46. The summed E-state index contributed by atoms with van der Waals surface area (Å²) in [6.07, 6.45) is 0. The first kappa shape index (κ1) is 11.7.